The fourth-order valence-electron chi connectivity index (χ4n) is 6.58. The standard InChI is InChI=1S/C48H32F4N4/c49-45-43(35-21-25-37(26-22-35)54-40(32-15-7-2-8-16-32)29-39(53)31-13-5-1-6-14-31)46(50)48(52)44(47(45)51)36-23-27-38(28-24-36)56-42(34-19-11-4-12-20-34)30-41(55-56)33-17-9-3-10-18-33/h1-30,53-54H/b40-29-,53-39?. The van der Waals surface area contributed by atoms with E-state index in [2.05, 4.69) is 5.32 Å². The summed E-state index contributed by atoms with van der Waals surface area (Å²) in [5.41, 5.74) is 5.16. The summed E-state index contributed by atoms with van der Waals surface area (Å²) in [6, 6.07) is 51.9. The first-order chi connectivity index (χ1) is 27.4. The first-order valence-electron chi connectivity index (χ1n) is 17.8. The number of rotatable bonds is 10. The SMILES string of the molecule is N=C(/C=C(\Nc1ccc(-c2c(F)c(F)c(-c3ccc(-n4nc(-c5ccccc5)cc4-c4ccccc4)cc3)c(F)c2F)cc1)c1ccccc1)c1ccccc1. The van der Waals surface area contributed by atoms with Gasteiger partial charge in [-0.3, -0.25) is 0 Å². The highest BCUT2D eigenvalue weighted by molar-refractivity contribution is 6.11. The third kappa shape index (κ3) is 7.15. The number of hydrogen-bond donors (Lipinski definition) is 2. The first-order valence-corrected chi connectivity index (χ1v) is 17.8. The van der Waals surface area contributed by atoms with Crippen molar-refractivity contribution in [1.82, 2.24) is 9.78 Å². The molecular weight excluding hydrogens is 709 g/mol. The van der Waals surface area contributed by atoms with Gasteiger partial charge in [-0.2, -0.15) is 5.10 Å². The minimum absolute atomic E-state index is 0.0364. The molecule has 2 N–H and O–H groups in total. The van der Waals surface area contributed by atoms with Crippen LogP contribution in [0.3, 0.4) is 0 Å². The zero-order valence-electron chi connectivity index (χ0n) is 29.7. The van der Waals surface area contributed by atoms with Crippen LogP contribution in [0.5, 0.6) is 0 Å². The summed E-state index contributed by atoms with van der Waals surface area (Å²) >= 11 is 0. The normalized spacial score (nSPS) is 11.4. The summed E-state index contributed by atoms with van der Waals surface area (Å²) in [6.45, 7) is 0. The summed E-state index contributed by atoms with van der Waals surface area (Å²) in [5.74, 6) is -6.01. The van der Waals surface area contributed by atoms with Crippen LogP contribution in [0.25, 0.3) is 56.2 Å². The number of anilines is 1. The predicted molar refractivity (Wildman–Crippen MR) is 216 cm³/mol. The van der Waals surface area contributed by atoms with Gasteiger partial charge in [0.25, 0.3) is 0 Å². The summed E-state index contributed by atoms with van der Waals surface area (Å²) in [6.07, 6.45) is 1.69. The Hall–Kier alpha value is -7.32. The Morgan fingerprint density at radius 1 is 0.500 bits per heavy atom. The Balaban J connectivity index is 1.09. The Morgan fingerprint density at radius 3 is 1.46 bits per heavy atom. The molecule has 0 spiro atoms. The van der Waals surface area contributed by atoms with Gasteiger partial charge in [-0.05, 0) is 58.7 Å². The van der Waals surface area contributed by atoms with Crippen LogP contribution in [-0.4, -0.2) is 15.5 Å². The van der Waals surface area contributed by atoms with Crippen LogP contribution in [0.15, 0.2) is 182 Å². The second-order valence-electron chi connectivity index (χ2n) is 13.0. The molecule has 8 heteroatoms. The van der Waals surface area contributed by atoms with Crippen molar-refractivity contribution >= 4 is 17.1 Å². The van der Waals surface area contributed by atoms with Gasteiger partial charge in [0.05, 0.1) is 33.9 Å². The van der Waals surface area contributed by atoms with E-state index >= 15 is 17.6 Å². The van der Waals surface area contributed by atoms with Crippen LogP contribution in [-0.2, 0) is 0 Å². The zero-order valence-corrected chi connectivity index (χ0v) is 29.7. The monoisotopic (exact) mass is 740 g/mol. The number of benzene rings is 7. The maximum atomic E-state index is 15.8. The Bertz CT molecular complexity index is 2650. The van der Waals surface area contributed by atoms with E-state index in [1.165, 1.54) is 24.3 Å². The molecule has 1 heterocycles. The van der Waals surface area contributed by atoms with Crippen LogP contribution < -0.4 is 5.32 Å². The van der Waals surface area contributed by atoms with Crippen LogP contribution in [0.4, 0.5) is 23.2 Å². The molecule has 0 saturated heterocycles. The predicted octanol–water partition coefficient (Wildman–Crippen LogP) is 12.6. The molecule has 56 heavy (non-hydrogen) atoms. The van der Waals surface area contributed by atoms with Gasteiger partial charge in [-0.15, -0.1) is 0 Å². The third-order valence-electron chi connectivity index (χ3n) is 9.42. The quantitative estimate of drug-likeness (QED) is 0.0833. The van der Waals surface area contributed by atoms with E-state index in [1.807, 2.05) is 127 Å². The molecular formula is C48H32F4N4. The highest BCUT2D eigenvalue weighted by Gasteiger charge is 2.27. The molecule has 0 amide bonds. The topological polar surface area (TPSA) is 53.7 Å². The molecule has 1 aromatic heterocycles. The minimum atomic E-state index is -1.50. The lowest BCUT2D eigenvalue weighted by Gasteiger charge is -2.15. The number of hydrogen-bond acceptors (Lipinski definition) is 3. The van der Waals surface area contributed by atoms with Crippen molar-refractivity contribution in [1.29, 1.82) is 5.41 Å². The maximum Gasteiger partial charge on any atom is 0.170 e. The van der Waals surface area contributed by atoms with Gasteiger partial charge in [0.1, 0.15) is 0 Å². The van der Waals surface area contributed by atoms with E-state index in [0.29, 0.717) is 17.1 Å². The molecule has 0 fully saturated rings. The van der Waals surface area contributed by atoms with E-state index in [-0.39, 0.29) is 16.8 Å². The molecule has 8 rings (SSSR count). The molecule has 4 nitrogen and oxygen atoms in total. The van der Waals surface area contributed by atoms with Gasteiger partial charge < -0.3 is 10.7 Å². The van der Waals surface area contributed by atoms with Gasteiger partial charge in [0.15, 0.2) is 23.3 Å². The summed E-state index contributed by atoms with van der Waals surface area (Å²) in [7, 11) is 0. The first kappa shape index (κ1) is 35.7. The van der Waals surface area contributed by atoms with E-state index < -0.39 is 34.4 Å². The van der Waals surface area contributed by atoms with E-state index in [4.69, 9.17) is 10.5 Å². The second kappa shape index (κ2) is 15.6. The van der Waals surface area contributed by atoms with Crippen molar-refractivity contribution in [3.63, 3.8) is 0 Å². The van der Waals surface area contributed by atoms with Crippen molar-refractivity contribution < 1.29 is 17.6 Å². The lowest BCUT2D eigenvalue weighted by Crippen LogP contribution is -2.05. The highest BCUT2D eigenvalue weighted by Crippen LogP contribution is 2.38. The average Bonchev–Trinajstić information content (AvgIpc) is 3.71. The van der Waals surface area contributed by atoms with Gasteiger partial charge in [0.2, 0.25) is 0 Å². The van der Waals surface area contributed by atoms with Crippen molar-refractivity contribution in [3.8, 4) is 50.5 Å². The summed E-state index contributed by atoms with van der Waals surface area (Å²) in [5, 5.41) is 16.7. The van der Waals surface area contributed by atoms with Gasteiger partial charge in [-0.1, -0.05) is 146 Å². The molecule has 7 aromatic carbocycles. The van der Waals surface area contributed by atoms with E-state index in [0.717, 1.165) is 33.6 Å². The van der Waals surface area contributed by atoms with Crippen molar-refractivity contribution in [2.24, 2.45) is 0 Å². The van der Waals surface area contributed by atoms with Crippen LogP contribution in [0.2, 0.25) is 0 Å². The highest BCUT2D eigenvalue weighted by atomic mass is 19.2. The van der Waals surface area contributed by atoms with Crippen LogP contribution >= 0.6 is 0 Å². The smallest absolute Gasteiger partial charge is 0.170 e. The van der Waals surface area contributed by atoms with Crippen molar-refractivity contribution in [3.05, 3.63) is 216 Å². The molecule has 0 atom stereocenters. The Kier molecular flexibility index (Phi) is 9.93. The molecule has 8 aromatic rings. The largest absolute Gasteiger partial charge is 0.355 e. The zero-order chi connectivity index (χ0) is 38.6. The average molecular weight is 741 g/mol. The fraction of sp³-hybridized carbons (Fsp3) is 0. The van der Waals surface area contributed by atoms with Crippen LogP contribution in [0, 0.1) is 28.7 Å². The second-order valence-corrected chi connectivity index (χ2v) is 13.0. The van der Waals surface area contributed by atoms with Crippen molar-refractivity contribution in [2.75, 3.05) is 5.32 Å². The van der Waals surface area contributed by atoms with Crippen LogP contribution in [0.1, 0.15) is 11.1 Å². The molecule has 272 valence electrons. The van der Waals surface area contributed by atoms with E-state index in [1.54, 1.807) is 35.0 Å². The fourth-order valence-corrected chi connectivity index (χ4v) is 6.58. The Labute approximate surface area is 321 Å². The van der Waals surface area contributed by atoms with Crippen molar-refractivity contribution in [2.45, 2.75) is 0 Å². The van der Waals surface area contributed by atoms with E-state index in [9.17, 15) is 0 Å². The maximum absolute atomic E-state index is 15.8. The molecule has 0 aliphatic rings. The number of nitrogens with zero attached hydrogens (tertiary/aromatic N) is 2. The third-order valence-corrected chi connectivity index (χ3v) is 9.42. The number of aromatic nitrogens is 2. The number of halogens is 4. The molecule has 0 aliphatic heterocycles. The Morgan fingerprint density at radius 2 is 0.946 bits per heavy atom. The van der Waals surface area contributed by atoms with Gasteiger partial charge in [0, 0.05) is 22.5 Å². The van der Waals surface area contributed by atoms with Gasteiger partial charge >= 0.3 is 0 Å². The minimum Gasteiger partial charge on any atom is -0.355 e. The molecule has 0 radical (unpaired) electrons. The number of nitrogens with one attached hydrogen (secondary N) is 2. The summed E-state index contributed by atoms with van der Waals surface area (Å²) in [4.78, 5) is 0. The molecule has 0 unspecified atom stereocenters. The van der Waals surface area contributed by atoms with Gasteiger partial charge in [-0.25, -0.2) is 22.2 Å². The summed E-state index contributed by atoms with van der Waals surface area (Å²) < 4.78 is 65.0. The lowest BCUT2D eigenvalue weighted by molar-refractivity contribution is 0.463. The lowest BCUT2D eigenvalue weighted by atomic mass is 9.97. The number of allylic oxidation sites excluding steroid dienone is 1. The molecule has 0 aliphatic carbocycles. The molecule has 0 bridgehead atoms. The molecule has 0 saturated carbocycles.